The van der Waals surface area contributed by atoms with Gasteiger partial charge in [0.1, 0.15) is 5.82 Å². The molecule has 2 aromatic heterocycles. The van der Waals surface area contributed by atoms with Gasteiger partial charge >= 0.3 is 0 Å². The first kappa shape index (κ1) is 25.3. The second kappa shape index (κ2) is 12.3. The van der Waals surface area contributed by atoms with Crippen LogP contribution in [-0.2, 0) is 9.47 Å². The Morgan fingerprint density at radius 2 is 2.12 bits per heavy atom. The monoisotopic (exact) mass is 506 g/mol. The lowest BCUT2D eigenvalue weighted by Crippen LogP contribution is -2.50. The van der Waals surface area contributed by atoms with Gasteiger partial charge in [-0.15, -0.1) is 11.3 Å². The van der Waals surface area contributed by atoms with Gasteiger partial charge in [0.2, 0.25) is 0 Å². The summed E-state index contributed by atoms with van der Waals surface area (Å²) in [4.78, 5) is 13.7. The topological polar surface area (TPSA) is 107 Å². The zero-order chi connectivity index (χ0) is 23.8. The van der Waals surface area contributed by atoms with Crippen LogP contribution in [0.4, 0.5) is 10.9 Å². The molecule has 0 unspecified atom stereocenters. The Morgan fingerprint density at radius 1 is 1.32 bits per heavy atom. The number of rotatable bonds is 10. The fourth-order valence-electron chi connectivity index (χ4n) is 4.39. The molecule has 0 aromatic carbocycles. The average Bonchev–Trinajstić information content (AvgIpc) is 3.32. The van der Waals surface area contributed by atoms with Crippen LogP contribution in [0.15, 0.2) is 22.6 Å². The number of halogens is 1. The van der Waals surface area contributed by atoms with Gasteiger partial charge in [-0.1, -0.05) is 11.6 Å². The first-order chi connectivity index (χ1) is 16.5. The predicted octanol–water partition coefficient (Wildman–Crippen LogP) is 4.47. The smallest absolute Gasteiger partial charge is 0.183 e. The summed E-state index contributed by atoms with van der Waals surface area (Å²) >= 11 is 8.05. The molecule has 2 aromatic rings. The quantitative estimate of drug-likeness (QED) is 0.322. The molecular formula is C24H35ClN6O2S. The maximum atomic E-state index is 6.49. The van der Waals surface area contributed by atoms with Crippen molar-refractivity contribution in [2.75, 3.05) is 50.7 Å². The van der Waals surface area contributed by atoms with Crippen molar-refractivity contribution in [3.8, 4) is 11.3 Å². The van der Waals surface area contributed by atoms with Gasteiger partial charge in [-0.25, -0.2) is 9.97 Å². The number of aromatic nitrogens is 2. The third-order valence-corrected chi connectivity index (χ3v) is 7.68. The van der Waals surface area contributed by atoms with Crippen LogP contribution in [0, 0.1) is 5.92 Å². The molecule has 2 fully saturated rings. The van der Waals surface area contributed by atoms with E-state index in [1.165, 1.54) is 0 Å². The molecule has 0 spiro atoms. The largest absolute Gasteiger partial charge is 0.383 e. The minimum Gasteiger partial charge on any atom is -0.383 e. The molecular weight excluding hydrogens is 472 g/mol. The number of thiazole rings is 1. The Morgan fingerprint density at radius 3 is 2.88 bits per heavy atom. The Kier molecular flexibility index (Phi) is 9.13. The van der Waals surface area contributed by atoms with E-state index in [9.17, 15) is 0 Å². The number of nitrogens with zero attached hydrogens (tertiary/aromatic N) is 3. The fourth-order valence-corrected chi connectivity index (χ4v) is 5.30. The SMILES string of the molecule is COCCN=CC1CCC(Nc2cc(-c3csc(NCC4(N)CCOCC4)n3)c(Cl)cn2)CC1. The van der Waals surface area contributed by atoms with Crippen molar-refractivity contribution in [3.63, 3.8) is 0 Å². The number of pyridine rings is 1. The van der Waals surface area contributed by atoms with Gasteiger partial charge < -0.3 is 25.8 Å². The first-order valence-electron chi connectivity index (χ1n) is 12.0. The summed E-state index contributed by atoms with van der Waals surface area (Å²) in [7, 11) is 1.71. The van der Waals surface area contributed by atoms with Crippen molar-refractivity contribution in [1.29, 1.82) is 0 Å². The first-order valence-corrected chi connectivity index (χ1v) is 13.3. The van der Waals surface area contributed by atoms with E-state index in [-0.39, 0.29) is 5.54 Å². The van der Waals surface area contributed by atoms with Crippen LogP contribution in [-0.4, -0.2) is 67.8 Å². The van der Waals surface area contributed by atoms with Gasteiger partial charge in [-0.3, -0.25) is 4.99 Å². The molecule has 3 heterocycles. The molecule has 8 nitrogen and oxygen atoms in total. The maximum Gasteiger partial charge on any atom is 0.183 e. The molecule has 10 heteroatoms. The van der Waals surface area contributed by atoms with Crippen LogP contribution in [0.5, 0.6) is 0 Å². The van der Waals surface area contributed by atoms with E-state index in [0.29, 0.717) is 43.3 Å². The Bertz CT molecular complexity index is 941. The maximum absolute atomic E-state index is 6.49. The van der Waals surface area contributed by atoms with Crippen LogP contribution in [0.25, 0.3) is 11.3 Å². The second-order valence-corrected chi connectivity index (χ2v) is 10.5. The van der Waals surface area contributed by atoms with Gasteiger partial charge in [0, 0.05) is 61.8 Å². The molecule has 0 atom stereocenters. The van der Waals surface area contributed by atoms with Crippen LogP contribution >= 0.6 is 22.9 Å². The number of hydrogen-bond donors (Lipinski definition) is 3. The van der Waals surface area contributed by atoms with Crippen molar-refractivity contribution in [1.82, 2.24) is 9.97 Å². The molecule has 2 aliphatic rings. The van der Waals surface area contributed by atoms with Crippen LogP contribution in [0.3, 0.4) is 0 Å². The molecule has 4 N–H and O–H groups in total. The highest BCUT2D eigenvalue weighted by atomic mass is 35.5. The zero-order valence-corrected chi connectivity index (χ0v) is 21.3. The van der Waals surface area contributed by atoms with Crippen molar-refractivity contribution in [3.05, 3.63) is 22.7 Å². The summed E-state index contributed by atoms with van der Waals surface area (Å²) in [6, 6.07) is 2.40. The highest BCUT2D eigenvalue weighted by molar-refractivity contribution is 7.14. The van der Waals surface area contributed by atoms with E-state index in [1.807, 2.05) is 11.4 Å². The van der Waals surface area contributed by atoms with Gasteiger partial charge in [-0.2, -0.15) is 0 Å². The molecule has 1 saturated carbocycles. The number of methoxy groups -OCH3 is 1. The molecule has 34 heavy (non-hydrogen) atoms. The molecule has 4 rings (SSSR count). The third-order valence-electron chi connectivity index (χ3n) is 6.58. The summed E-state index contributed by atoms with van der Waals surface area (Å²) in [6.07, 6.45) is 9.97. The van der Waals surface area contributed by atoms with E-state index in [4.69, 9.17) is 31.8 Å². The number of nitrogens with two attached hydrogens (primary N) is 1. The van der Waals surface area contributed by atoms with Crippen molar-refractivity contribution < 1.29 is 9.47 Å². The number of ether oxygens (including phenoxy) is 2. The lowest BCUT2D eigenvalue weighted by Gasteiger charge is -2.33. The Hall–Kier alpha value is -1.78. The lowest BCUT2D eigenvalue weighted by atomic mass is 9.87. The number of nitrogens with one attached hydrogen (secondary N) is 2. The summed E-state index contributed by atoms with van der Waals surface area (Å²) < 4.78 is 10.5. The normalized spacial score (nSPS) is 22.7. The minimum absolute atomic E-state index is 0.246. The highest BCUT2D eigenvalue weighted by Gasteiger charge is 2.28. The van der Waals surface area contributed by atoms with Gasteiger partial charge in [-0.05, 0) is 50.5 Å². The molecule has 1 aliphatic heterocycles. The zero-order valence-electron chi connectivity index (χ0n) is 19.8. The van der Waals surface area contributed by atoms with Gasteiger partial charge in [0.25, 0.3) is 0 Å². The fraction of sp³-hybridized carbons (Fsp3) is 0.625. The standard InChI is InChI=1S/C24H35ClN6O2S/c1-32-11-8-27-13-17-2-4-18(5-3-17)30-22-12-19(20(25)14-28-22)21-15-34-23(31-21)29-16-24(26)6-9-33-10-7-24/h12-15,17-18H,2-11,16,26H2,1H3,(H,28,30)(H,29,31). The van der Waals surface area contributed by atoms with E-state index in [2.05, 4.69) is 26.8 Å². The molecule has 0 amide bonds. The van der Waals surface area contributed by atoms with E-state index >= 15 is 0 Å². The lowest BCUT2D eigenvalue weighted by molar-refractivity contribution is 0.0575. The molecule has 1 aliphatic carbocycles. The molecule has 186 valence electrons. The van der Waals surface area contributed by atoms with Crippen molar-refractivity contribution >= 4 is 40.1 Å². The molecule has 1 saturated heterocycles. The number of anilines is 2. The van der Waals surface area contributed by atoms with Crippen molar-refractivity contribution in [2.24, 2.45) is 16.6 Å². The van der Waals surface area contributed by atoms with Crippen LogP contribution < -0.4 is 16.4 Å². The second-order valence-electron chi connectivity index (χ2n) is 9.22. The summed E-state index contributed by atoms with van der Waals surface area (Å²) in [5.41, 5.74) is 7.97. The van der Waals surface area contributed by atoms with Gasteiger partial charge in [0.15, 0.2) is 5.13 Å². The Balaban J connectivity index is 1.32. The van der Waals surface area contributed by atoms with Gasteiger partial charge in [0.05, 0.1) is 23.9 Å². The van der Waals surface area contributed by atoms with Crippen LogP contribution in [0.2, 0.25) is 5.02 Å². The van der Waals surface area contributed by atoms with E-state index < -0.39 is 0 Å². The highest BCUT2D eigenvalue weighted by Crippen LogP contribution is 2.33. The number of hydrogen-bond acceptors (Lipinski definition) is 9. The van der Waals surface area contributed by atoms with Crippen molar-refractivity contribution in [2.45, 2.75) is 50.1 Å². The predicted molar refractivity (Wildman–Crippen MR) is 140 cm³/mol. The summed E-state index contributed by atoms with van der Waals surface area (Å²) in [6.45, 7) is 3.53. The Labute approximate surface area is 210 Å². The van der Waals surface area contributed by atoms with Crippen LogP contribution in [0.1, 0.15) is 38.5 Å². The molecule has 0 radical (unpaired) electrons. The van der Waals surface area contributed by atoms with E-state index in [1.54, 1.807) is 24.6 Å². The third kappa shape index (κ3) is 7.11. The molecule has 0 bridgehead atoms. The average molecular weight is 507 g/mol. The summed E-state index contributed by atoms with van der Waals surface area (Å²) in [5, 5.41) is 10.5. The number of aliphatic imine (C=N–C) groups is 1. The minimum atomic E-state index is -0.246. The van der Waals surface area contributed by atoms with E-state index in [0.717, 1.165) is 67.3 Å². The summed E-state index contributed by atoms with van der Waals surface area (Å²) in [5.74, 6) is 1.39.